The topological polar surface area (TPSA) is 38.9 Å². The Morgan fingerprint density at radius 1 is 0.439 bits per heavy atom. The second kappa shape index (κ2) is 8.48. The minimum Gasteiger partial charge on any atom is -0.456 e. The quantitative estimate of drug-likeness (QED) is 0.167. The molecule has 3 nitrogen and oxygen atoms in total. The van der Waals surface area contributed by atoms with Crippen LogP contribution >= 0.6 is 0 Å². The van der Waals surface area contributed by atoms with Crippen molar-refractivity contribution < 1.29 is 4.42 Å². The molecule has 0 amide bonds. The standard InChI is InChI=1S/C38H22N2O/c1-3-9-33-31(8-1)36(32-18-15-23-6-5-19-39-37(23)38(32)40-33)28-14-13-24-20-25(11-12-26(24)21-28)27-16-17-30-29-7-2-4-10-34(29)41-35(30)22-27/h1-22H. The molecule has 6 aromatic carbocycles. The Hall–Kier alpha value is -5.54. The lowest BCUT2D eigenvalue weighted by Crippen LogP contribution is -1.91. The van der Waals surface area contributed by atoms with Gasteiger partial charge in [0.05, 0.1) is 16.6 Å². The predicted octanol–water partition coefficient (Wildman–Crippen LogP) is 10.3. The summed E-state index contributed by atoms with van der Waals surface area (Å²) in [5.74, 6) is 0. The molecule has 0 unspecified atom stereocenters. The smallest absolute Gasteiger partial charge is 0.136 e. The number of hydrogen-bond donors (Lipinski definition) is 0. The van der Waals surface area contributed by atoms with E-state index in [1.54, 1.807) is 0 Å². The first kappa shape index (κ1) is 22.3. The van der Waals surface area contributed by atoms with Gasteiger partial charge in [0, 0.05) is 38.7 Å². The largest absolute Gasteiger partial charge is 0.456 e. The first-order valence-corrected chi connectivity index (χ1v) is 13.8. The van der Waals surface area contributed by atoms with Crippen molar-refractivity contribution in [2.45, 2.75) is 0 Å². The first-order chi connectivity index (χ1) is 20.3. The molecule has 0 aliphatic carbocycles. The van der Waals surface area contributed by atoms with Crippen molar-refractivity contribution in [3.63, 3.8) is 0 Å². The number of para-hydroxylation sites is 2. The maximum atomic E-state index is 6.15. The maximum Gasteiger partial charge on any atom is 0.136 e. The summed E-state index contributed by atoms with van der Waals surface area (Å²) in [6.07, 6.45) is 1.85. The van der Waals surface area contributed by atoms with Gasteiger partial charge in [-0.05, 0) is 69.9 Å². The van der Waals surface area contributed by atoms with Crippen LogP contribution in [0.15, 0.2) is 138 Å². The zero-order valence-corrected chi connectivity index (χ0v) is 22.0. The maximum absolute atomic E-state index is 6.15. The zero-order chi connectivity index (χ0) is 26.9. The van der Waals surface area contributed by atoms with Crippen molar-refractivity contribution in [2.24, 2.45) is 0 Å². The predicted molar refractivity (Wildman–Crippen MR) is 170 cm³/mol. The van der Waals surface area contributed by atoms with Gasteiger partial charge in [0.25, 0.3) is 0 Å². The van der Waals surface area contributed by atoms with Gasteiger partial charge in [-0.25, -0.2) is 4.98 Å². The highest BCUT2D eigenvalue weighted by Crippen LogP contribution is 2.39. The first-order valence-electron chi connectivity index (χ1n) is 13.8. The summed E-state index contributed by atoms with van der Waals surface area (Å²) in [6.45, 7) is 0. The molecular formula is C38H22N2O. The number of fused-ring (bicyclic) bond motifs is 8. The van der Waals surface area contributed by atoms with E-state index in [9.17, 15) is 0 Å². The summed E-state index contributed by atoms with van der Waals surface area (Å²) in [7, 11) is 0. The fourth-order valence-electron chi connectivity index (χ4n) is 6.29. The number of aromatic nitrogens is 2. The average Bonchev–Trinajstić information content (AvgIpc) is 3.41. The molecule has 0 saturated heterocycles. The van der Waals surface area contributed by atoms with Gasteiger partial charge in [-0.3, -0.25) is 4.98 Å². The minimum absolute atomic E-state index is 0.914. The van der Waals surface area contributed by atoms with Gasteiger partial charge >= 0.3 is 0 Å². The molecule has 0 aliphatic rings. The van der Waals surface area contributed by atoms with E-state index in [4.69, 9.17) is 14.4 Å². The normalized spacial score (nSPS) is 11.9. The summed E-state index contributed by atoms with van der Waals surface area (Å²) >= 11 is 0. The Bertz CT molecular complexity index is 2490. The molecule has 0 atom stereocenters. The second-order valence-electron chi connectivity index (χ2n) is 10.6. The fourth-order valence-corrected chi connectivity index (χ4v) is 6.29. The molecule has 0 radical (unpaired) electrons. The molecule has 0 N–H and O–H groups in total. The number of benzene rings is 6. The van der Waals surface area contributed by atoms with Crippen LogP contribution in [0, 0.1) is 0 Å². The molecule has 41 heavy (non-hydrogen) atoms. The van der Waals surface area contributed by atoms with Gasteiger partial charge < -0.3 is 4.42 Å². The highest BCUT2D eigenvalue weighted by Gasteiger charge is 2.15. The second-order valence-corrected chi connectivity index (χ2v) is 10.6. The third-order valence-electron chi connectivity index (χ3n) is 8.26. The van der Waals surface area contributed by atoms with Gasteiger partial charge in [0.15, 0.2) is 0 Å². The van der Waals surface area contributed by atoms with Crippen LogP contribution in [0.4, 0.5) is 0 Å². The molecule has 190 valence electrons. The number of hydrogen-bond acceptors (Lipinski definition) is 3. The van der Waals surface area contributed by atoms with Gasteiger partial charge in [-0.1, -0.05) is 84.9 Å². The SMILES string of the molecule is c1cnc2c(c1)ccc1c(-c3ccc4cc(-c5ccc6c(c5)oc5ccccc56)ccc4c3)c3ccccc3nc12. The van der Waals surface area contributed by atoms with Gasteiger partial charge in [0.1, 0.15) is 11.2 Å². The molecule has 0 saturated carbocycles. The number of pyridine rings is 2. The summed E-state index contributed by atoms with van der Waals surface area (Å²) in [4.78, 5) is 9.77. The van der Waals surface area contributed by atoms with E-state index in [0.717, 1.165) is 60.2 Å². The third-order valence-corrected chi connectivity index (χ3v) is 8.26. The molecule has 3 heteroatoms. The van der Waals surface area contributed by atoms with Crippen LogP contribution in [0.1, 0.15) is 0 Å². The Kier molecular flexibility index (Phi) is 4.61. The van der Waals surface area contributed by atoms with Crippen LogP contribution in [-0.4, -0.2) is 9.97 Å². The summed E-state index contributed by atoms with van der Waals surface area (Å²) in [6, 6.07) is 45.0. The molecule has 0 spiro atoms. The van der Waals surface area contributed by atoms with Crippen LogP contribution in [-0.2, 0) is 0 Å². The monoisotopic (exact) mass is 522 g/mol. The van der Waals surface area contributed by atoms with E-state index < -0.39 is 0 Å². The lowest BCUT2D eigenvalue weighted by molar-refractivity contribution is 0.669. The van der Waals surface area contributed by atoms with E-state index >= 15 is 0 Å². The average molecular weight is 523 g/mol. The summed E-state index contributed by atoms with van der Waals surface area (Å²) < 4.78 is 6.15. The van der Waals surface area contributed by atoms with Crippen molar-refractivity contribution in [1.82, 2.24) is 9.97 Å². The minimum atomic E-state index is 0.914. The lowest BCUT2D eigenvalue weighted by atomic mass is 9.93. The lowest BCUT2D eigenvalue weighted by Gasteiger charge is -2.14. The number of furan rings is 1. The zero-order valence-electron chi connectivity index (χ0n) is 22.0. The van der Waals surface area contributed by atoms with Crippen molar-refractivity contribution in [2.75, 3.05) is 0 Å². The molecule has 0 aliphatic heterocycles. The highest BCUT2D eigenvalue weighted by molar-refractivity contribution is 6.16. The summed E-state index contributed by atoms with van der Waals surface area (Å²) in [5.41, 5.74) is 9.37. The van der Waals surface area contributed by atoms with E-state index in [1.807, 2.05) is 30.5 Å². The Morgan fingerprint density at radius 2 is 1.12 bits per heavy atom. The van der Waals surface area contributed by atoms with Gasteiger partial charge in [-0.15, -0.1) is 0 Å². The molecule has 9 rings (SSSR count). The van der Waals surface area contributed by atoms with E-state index in [-0.39, 0.29) is 0 Å². The van der Waals surface area contributed by atoms with Crippen molar-refractivity contribution in [3.8, 4) is 22.3 Å². The molecule has 0 bridgehead atoms. The van der Waals surface area contributed by atoms with Crippen LogP contribution < -0.4 is 0 Å². The molecule has 9 aromatic rings. The van der Waals surface area contributed by atoms with Crippen molar-refractivity contribution >= 4 is 65.4 Å². The molecule has 3 heterocycles. The highest BCUT2D eigenvalue weighted by atomic mass is 16.3. The van der Waals surface area contributed by atoms with Crippen LogP contribution in [0.5, 0.6) is 0 Å². The van der Waals surface area contributed by atoms with E-state index in [1.165, 1.54) is 27.5 Å². The van der Waals surface area contributed by atoms with Crippen LogP contribution in [0.25, 0.3) is 87.7 Å². The fraction of sp³-hybridized carbons (Fsp3) is 0. The van der Waals surface area contributed by atoms with Crippen LogP contribution in [0.2, 0.25) is 0 Å². The molecule has 0 fully saturated rings. The Balaban J connectivity index is 1.21. The Morgan fingerprint density at radius 3 is 2.05 bits per heavy atom. The number of rotatable bonds is 2. The Labute approximate surface area is 235 Å². The van der Waals surface area contributed by atoms with E-state index in [0.29, 0.717) is 0 Å². The van der Waals surface area contributed by atoms with E-state index in [2.05, 4.69) is 103 Å². The van der Waals surface area contributed by atoms with Crippen molar-refractivity contribution in [1.29, 1.82) is 0 Å². The summed E-state index contributed by atoms with van der Waals surface area (Å²) in [5, 5.41) is 8.06. The molecular weight excluding hydrogens is 500 g/mol. The van der Waals surface area contributed by atoms with Gasteiger partial charge in [0.2, 0.25) is 0 Å². The van der Waals surface area contributed by atoms with Crippen molar-refractivity contribution in [3.05, 3.63) is 134 Å². The third kappa shape index (κ3) is 3.39. The number of nitrogens with zero attached hydrogens (tertiary/aromatic N) is 2. The van der Waals surface area contributed by atoms with Crippen LogP contribution in [0.3, 0.4) is 0 Å². The molecule has 3 aromatic heterocycles. The van der Waals surface area contributed by atoms with Gasteiger partial charge in [-0.2, -0.15) is 0 Å².